The molecule has 1 saturated carbocycles. The van der Waals surface area contributed by atoms with Crippen molar-refractivity contribution in [2.75, 3.05) is 0 Å². The molecule has 1 heteroatoms. The summed E-state index contributed by atoms with van der Waals surface area (Å²) in [5.74, 6) is 0.545. The molecular formula is C25H33N. The average Bonchev–Trinajstić information content (AvgIpc) is 2.92. The summed E-state index contributed by atoms with van der Waals surface area (Å²) in [5, 5.41) is 3.83. The first-order valence-electron chi connectivity index (χ1n) is 9.92. The minimum atomic E-state index is 0.157. The van der Waals surface area contributed by atoms with Gasteiger partial charge in [-0.1, -0.05) is 44.2 Å². The zero-order valence-corrected chi connectivity index (χ0v) is 17.1. The van der Waals surface area contributed by atoms with Gasteiger partial charge in [-0.05, 0) is 92.5 Å². The third-order valence-corrected chi connectivity index (χ3v) is 6.43. The molecule has 138 valence electrons. The Kier molecular flexibility index (Phi) is 5.01. The van der Waals surface area contributed by atoms with E-state index in [0.29, 0.717) is 5.92 Å². The minimum absolute atomic E-state index is 0.157. The summed E-state index contributed by atoms with van der Waals surface area (Å²) in [7, 11) is 0. The van der Waals surface area contributed by atoms with Crippen LogP contribution in [0.3, 0.4) is 0 Å². The molecule has 1 N–H and O–H groups in total. The van der Waals surface area contributed by atoms with E-state index in [1.165, 1.54) is 64.8 Å². The second-order valence-corrected chi connectivity index (χ2v) is 8.30. The molecule has 0 spiro atoms. The SMILES string of the molecule is C=CC1=C(c2ccc(C)c(/C(C)=C\C)c2C(=C)C)C2CCCCC2(C)N1. The highest BCUT2D eigenvalue weighted by molar-refractivity contribution is 5.90. The summed E-state index contributed by atoms with van der Waals surface area (Å²) in [6, 6.07) is 4.59. The highest BCUT2D eigenvalue weighted by atomic mass is 15.0. The van der Waals surface area contributed by atoms with Gasteiger partial charge in [-0.3, -0.25) is 0 Å². The van der Waals surface area contributed by atoms with Crippen LogP contribution in [0.15, 0.2) is 43.1 Å². The van der Waals surface area contributed by atoms with E-state index in [1.807, 2.05) is 6.08 Å². The van der Waals surface area contributed by atoms with E-state index in [0.717, 1.165) is 5.57 Å². The van der Waals surface area contributed by atoms with E-state index in [4.69, 9.17) is 0 Å². The van der Waals surface area contributed by atoms with Crippen LogP contribution in [0.25, 0.3) is 16.7 Å². The van der Waals surface area contributed by atoms with Gasteiger partial charge in [0, 0.05) is 17.2 Å². The molecule has 1 fully saturated rings. The maximum absolute atomic E-state index is 4.35. The second kappa shape index (κ2) is 6.95. The lowest BCUT2D eigenvalue weighted by Gasteiger charge is -2.38. The lowest BCUT2D eigenvalue weighted by atomic mass is 9.70. The first-order chi connectivity index (χ1) is 12.3. The molecule has 0 aromatic heterocycles. The normalized spacial score (nSPS) is 25.7. The average molecular weight is 348 g/mol. The summed E-state index contributed by atoms with van der Waals surface area (Å²) >= 11 is 0. The predicted molar refractivity (Wildman–Crippen MR) is 116 cm³/mol. The number of fused-ring (bicyclic) bond motifs is 1. The second-order valence-electron chi connectivity index (χ2n) is 8.30. The topological polar surface area (TPSA) is 12.0 Å². The third kappa shape index (κ3) is 2.88. The van der Waals surface area contributed by atoms with Crippen molar-refractivity contribution in [3.63, 3.8) is 0 Å². The van der Waals surface area contributed by atoms with Crippen molar-refractivity contribution in [2.24, 2.45) is 5.92 Å². The lowest BCUT2D eigenvalue weighted by molar-refractivity contribution is 0.240. The van der Waals surface area contributed by atoms with Crippen LogP contribution in [0.5, 0.6) is 0 Å². The summed E-state index contributed by atoms with van der Waals surface area (Å²) in [5.41, 5.74) is 10.6. The van der Waals surface area contributed by atoms with Gasteiger partial charge < -0.3 is 5.32 Å². The van der Waals surface area contributed by atoms with E-state index in [2.05, 4.69) is 71.3 Å². The van der Waals surface area contributed by atoms with Gasteiger partial charge >= 0.3 is 0 Å². The van der Waals surface area contributed by atoms with Gasteiger partial charge in [0.1, 0.15) is 0 Å². The summed E-state index contributed by atoms with van der Waals surface area (Å²) in [6.07, 6.45) is 9.32. The minimum Gasteiger partial charge on any atom is -0.379 e. The number of allylic oxidation sites excluding steroid dienone is 4. The molecule has 0 saturated heterocycles. The van der Waals surface area contributed by atoms with Crippen LogP contribution in [0, 0.1) is 12.8 Å². The summed E-state index contributed by atoms with van der Waals surface area (Å²) in [4.78, 5) is 0. The molecule has 1 aliphatic carbocycles. The van der Waals surface area contributed by atoms with Crippen LogP contribution in [-0.4, -0.2) is 5.54 Å². The molecule has 2 aliphatic rings. The smallest absolute Gasteiger partial charge is 0.0415 e. The predicted octanol–water partition coefficient (Wildman–Crippen LogP) is 6.90. The molecule has 3 rings (SSSR count). The monoisotopic (exact) mass is 347 g/mol. The van der Waals surface area contributed by atoms with Crippen LogP contribution in [-0.2, 0) is 0 Å². The maximum Gasteiger partial charge on any atom is 0.0415 e. The molecule has 1 aromatic rings. The standard InChI is InChI=1S/C25H33N/c1-8-17(5)23-18(6)13-14-19(22(23)16(3)4)24-20-12-10-11-15-25(20,7)26-21(24)9-2/h8-9,13-14,20,26H,2-3,10-12,15H2,1,4-7H3/b17-8-. The quantitative estimate of drug-likeness (QED) is 0.624. The highest BCUT2D eigenvalue weighted by Gasteiger charge is 2.45. The van der Waals surface area contributed by atoms with Crippen molar-refractivity contribution in [3.05, 3.63) is 65.4 Å². The fourth-order valence-electron chi connectivity index (χ4n) is 5.03. The van der Waals surface area contributed by atoms with E-state index in [1.54, 1.807) is 0 Å². The zero-order chi connectivity index (χ0) is 19.1. The molecule has 0 amide bonds. The number of rotatable bonds is 4. The van der Waals surface area contributed by atoms with Gasteiger partial charge in [0.25, 0.3) is 0 Å². The molecular weight excluding hydrogens is 314 g/mol. The van der Waals surface area contributed by atoms with E-state index >= 15 is 0 Å². The van der Waals surface area contributed by atoms with Gasteiger partial charge in [-0.15, -0.1) is 0 Å². The van der Waals surface area contributed by atoms with Crippen molar-refractivity contribution in [3.8, 4) is 0 Å². The maximum atomic E-state index is 4.35. The fraction of sp³-hybridized carbons (Fsp3) is 0.440. The molecule has 1 aliphatic heterocycles. The Hall–Kier alpha value is -2.02. The van der Waals surface area contributed by atoms with Gasteiger partial charge in [0.15, 0.2) is 0 Å². The van der Waals surface area contributed by atoms with Gasteiger partial charge in [0.05, 0.1) is 0 Å². The molecule has 26 heavy (non-hydrogen) atoms. The van der Waals surface area contributed by atoms with Crippen LogP contribution in [0.4, 0.5) is 0 Å². The third-order valence-electron chi connectivity index (χ3n) is 6.43. The number of nitrogens with one attached hydrogen (secondary N) is 1. The Labute approximate surface area is 159 Å². The van der Waals surface area contributed by atoms with Crippen LogP contribution >= 0.6 is 0 Å². The largest absolute Gasteiger partial charge is 0.379 e. The molecule has 1 aromatic carbocycles. The van der Waals surface area contributed by atoms with E-state index < -0.39 is 0 Å². The number of aryl methyl sites for hydroxylation is 1. The molecule has 2 unspecified atom stereocenters. The van der Waals surface area contributed by atoms with Crippen molar-refractivity contribution in [1.82, 2.24) is 5.32 Å². The van der Waals surface area contributed by atoms with E-state index in [9.17, 15) is 0 Å². The van der Waals surface area contributed by atoms with Crippen molar-refractivity contribution in [1.29, 1.82) is 0 Å². The van der Waals surface area contributed by atoms with Gasteiger partial charge in [0.2, 0.25) is 0 Å². The van der Waals surface area contributed by atoms with Crippen molar-refractivity contribution in [2.45, 2.75) is 65.8 Å². The Morgan fingerprint density at radius 1 is 1.23 bits per heavy atom. The number of benzene rings is 1. The molecule has 1 nitrogen and oxygen atoms in total. The molecule has 0 radical (unpaired) electrons. The Morgan fingerprint density at radius 2 is 1.96 bits per heavy atom. The Morgan fingerprint density at radius 3 is 2.58 bits per heavy atom. The highest BCUT2D eigenvalue weighted by Crippen LogP contribution is 2.50. The van der Waals surface area contributed by atoms with Crippen molar-refractivity contribution >= 4 is 16.7 Å². The summed E-state index contributed by atoms with van der Waals surface area (Å²) < 4.78 is 0. The molecule has 2 atom stereocenters. The van der Waals surface area contributed by atoms with Crippen LogP contribution in [0.1, 0.15) is 75.6 Å². The first-order valence-corrected chi connectivity index (χ1v) is 9.92. The number of hydrogen-bond donors (Lipinski definition) is 1. The van der Waals surface area contributed by atoms with Gasteiger partial charge in [-0.2, -0.15) is 0 Å². The lowest BCUT2D eigenvalue weighted by Crippen LogP contribution is -2.44. The first kappa shape index (κ1) is 18.8. The Bertz CT molecular complexity index is 821. The van der Waals surface area contributed by atoms with Crippen LogP contribution in [0.2, 0.25) is 0 Å². The fourth-order valence-corrected chi connectivity index (χ4v) is 5.03. The van der Waals surface area contributed by atoms with E-state index in [-0.39, 0.29) is 5.54 Å². The van der Waals surface area contributed by atoms with Gasteiger partial charge in [-0.25, -0.2) is 0 Å². The van der Waals surface area contributed by atoms with Crippen molar-refractivity contribution < 1.29 is 0 Å². The Balaban J connectivity index is 2.29. The van der Waals surface area contributed by atoms with Crippen LogP contribution < -0.4 is 5.32 Å². The zero-order valence-electron chi connectivity index (χ0n) is 17.1. The molecule has 0 bridgehead atoms. The summed E-state index contributed by atoms with van der Waals surface area (Å²) in [6.45, 7) is 19.5. The molecule has 1 heterocycles. The number of hydrogen-bond acceptors (Lipinski definition) is 1.